The molecule has 0 radical (unpaired) electrons. The highest BCUT2D eigenvalue weighted by Crippen LogP contribution is 2.11. The van der Waals surface area contributed by atoms with Gasteiger partial charge in [0.25, 0.3) is 10.0 Å². The molecule has 96 valence electrons. The van der Waals surface area contributed by atoms with Crippen LogP contribution in [-0.4, -0.2) is 26.0 Å². The number of hydrogen-bond acceptors (Lipinski definition) is 4. The topological polar surface area (TPSA) is 85.1 Å². The third-order valence-corrected chi connectivity index (χ3v) is 3.70. The van der Waals surface area contributed by atoms with Gasteiger partial charge in [0.2, 0.25) is 5.03 Å². The summed E-state index contributed by atoms with van der Waals surface area (Å²) >= 11 is 0. The van der Waals surface area contributed by atoms with Crippen LogP contribution in [0.15, 0.2) is 23.4 Å². The molecule has 1 rings (SSSR count). The van der Waals surface area contributed by atoms with E-state index in [1.54, 1.807) is 6.92 Å². The van der Waals surface area contributed by atoms with Crippen LogP contribution in [0.4, 0.5) is 4.39 Å². The molecular weight excluding hydrogens is 245 g/mol. The lowest BCUT2D eigenvalue weighted by atomic mass is 10.2. The monoisotopic (exact) mass is 261 g/mol. The van der Waals surface area contributed by atoms with Crippen LogP contribution < -0.4 is 10.5 Å². The van der Waals surface area contributed by atoms with Crippen molar-refractivity contribution in [2.75, 3.05) is 6.54 Å². The van der Waals surface area contributed by atoms with E-state index in [0.717, 1.165) is 6.07 Å². The second kappa shape index (κ2) is 6.04. The molecule has 0 amide bonds. The van der Waals surface area contributed by atoms with Crippen LogP contribution in [0.1, 0.15) is 19.8 Å². The summed E-state index contributed by atoms with van der Waals surface area (Å²) in [6.07, 6.45) is 2.54. The molecular formula is C10H16FN3O2S. The zero-order chi connectivity index (χ0) is 12.9. The summed E-state index contributed by atoms with van der Waals surface area (Å²) in [5, 5.41) is -0.570. The fourth-order valence-corrected chi connectivity index (χ4v) is 2.66. The largest absolute Gasteiger partial charge is 0.330 e. The summed E-state index contributed by atoms with van der Waals surface area (Å²) in [5.41, 5.74) is 5.33. The summed E-state index contributed by atoms with van der Waals surface area (Å²) in [5.74, 6) is -0.856. The Bertz CT molecular complexity index is 464. The number of pyridine rings is 1. The van der Waals surface area contributed by atoms with Gasteiger partial charge in [0.1, 0.15) is 0 Å². The van der Waals surface area contributed by atoms with Gasteiger partial charge in [0.05, 0.1) is 0 Å². The Balaban J connectivity index is 2.79. The van der Waals surface area contributed by atoms with E-state index in [2.05, 4.69) is 9.71 Å². The predicted molar refractivity (Wildman–Crippen MR) is 62.3 cm³/mol. The van der Waals surface area contributed by atoms with E-state index < -0.39 is 20.9 Å². The van der Waals surface area contributed by atoms with Gasteiger partial charge in [-0.25, -0.2) is 22.5 Å². The molecule has 1 aromatic heterocycles. The first-order chi connectivity index (χ1) is 7.97. The van der Waals surface area contributed by atoms with Crippen LogP contribution in [0.25, 0.3) is 0 Å². The van der Waals surface area contributed by atoms with E-state index in [0.29, 0.717) is 19.4 Å². The van der Waals surface area contributed by atoms with Crippen molar-refractivity contribution in [3.05, 3.63) is 24.1 Å². The van der Waals surface area contributed by atoms with Gasteiger partial charge < -0.3 is 5.73 Å². The molecule has 0 saturated carbocycles. The van der Waals surface area contributed by atoms with Crippen LogP contribution in [0.5, 0.6) is 0 Å². The molecule has 0 aliphatic rings. The second-order valence-electron chi connectivity index (χ2n) is 3.74. The molecule has 0 spiro atoms. The van der Waals surface area contributed by atoms with Gasteiger partial charge in [-0.05, 0) is 38.4 Å². The number of aromatic nitrogens is 1. The lowest BCUT2D eigenvalue weighted by Gasteiger charge is -2.13. The van der Waals surface area contributed by atoms with E-state index in [9.17, 15) is 12.8 Å². The Morgan fingerprint density at radius 3 is 2.88 bits per heavy atom. The molecule has 1 atom stereocenters. The Labute approximate surface area is 100 Å². The maximum Gasteiger partial charge on any atom is 0.261 e. The molecule has 7 heteroatoms. The number of nitrogens with one attached hydrogen (secondary N) is 1. The summed E-state index contributed by atoms with van der Waals surface area (Å²) in [6, 6.07) is 2.10. The number of sulfonamides is 1. The number of halogens is 1. The minimum atomic E-state index is -3.90. The fourth-order valence-electron chi connectivity index (χ4n) is 1.37. The van der Waals surface area contributed by atoms with Crippen LogP contribution >= 0.6 is 0 Å². The highest BCUT2D eigenvalue weighted by atomic mass is 32.2. The van der Waals surface area contributed by atoms with Crippen molar-refractivity contribution in [3.8, 4) is 0 Å². The molecule has 1 heterocycles. The molecule has 0 aliphatic carbocycles. The Morgan fingerprint density at radius 1 is 1.59 bits per heavy atom. The number of hydrogen-bond donors (Lipinski definition) is 2. The maximum absolute atomic E-state index is 13.3. The average molecular weight is 261 g/mol. The number of rotatable bonds is 6. The molecule has 0 aliphatic heterocycles. The van der Waals surface area contributed by atoms with Crippen molar-refractivity contribution < 1.29 is 12.8 Å². The zero-order valence-corrected chi connectivity index (χ0v) is 10.4. The van der Waals surface area contributed by atoms with Crippen molar-refractivity contribution in [2.24, 2.45) is 5.73 Å². The smallest absolute Gasteiger partial charge is 0.261 e. The minimum Gasteiger partial charge on any atom is -0.330 e. The van der Waals surface area contributed by atoms with Crippen molar-refractivity contribution in [1.82, 2.24) is 9.71 Å². The number of nitrogens with zero attached hydrogens (tertiary/aromatic N) is 1. The summed E-state index contributed by atoms with van der Waals surface area (Å²) in [6.45, 7) is 2.19. The molecule has 3 N–H and O–H groups in total. The Hall–Kier alpha value is -1.05. The third kappa shape index (κ3) is 4.03. The lowest BCUT2D eigenvalue weighted by molar-refractivity contribution is 0.520. The van der Waals surface area contributed by atoms with Gasteiger partial charge >= 0.3 is 0 Å². The first-order valence-corrected chi connectivity index (χ1v) is 6.78. The first kappa shape index (κ1) is 14.0. The second-order valence-corrected chi connectivity index (χ2v) is 5.37. The summed E-state index contributed by atoms with van der Waals surface area (Å²) in [4.78, 5) is 3.53. The Kier molecular flexibility index (Phi) is 4.98. The van der Waals surface area contributed by atoms with Crippen molar-refractivity contribution in [2.45, 2.75) is 30.8 Å². The van der Waals surface area contributed by atoms with Gasteiger partial charge in [-0.2, -0.15) is 0 Å². The predicted octanol–water partition coefficient (Wildman–Crippen LogP) is 0.626. The maximum atomic E-state index is 13.3. The van der Waals surface area contributed by atoms with Crippen LogP contribution in [0.3, 0.4) is 0 Å². The average Bonchev–Trinajstić information content (AvgIpc) is 2.26. The molecule has 17 heavy (non-hydrogen) atoms. The third-order valence-electron chi connectivity index (χ3n) is 2.18. The molecule has 1 unspecified atom stereocenters. The minimum absolute atomic E-state index is 0.301. The molecule has 5 nitrogen and oxygen atoms in total. The van der Waals surface area contributed by atoms with Gasteiger partial charge in [0, 0.05) is 12.2 Å². The SMILES string of the molecule is CC(CCCN)NS(=O)(=O)c1ncccc1F. The van der Waals surface area contributed by atoms with E-state index in [4.69, 9.17) is 5.73 Å². The molecule has 0 saturated heterocycles. The van der Waals surface area contributed by atoms with Gasteiger partial charge in [-0.15, -0.1) is 0 Å². The van der Waals surface area contributed by atoms with Crippen LogP contribution in [0.2, 0.25) is 0 Å². The van der Waals surface area contributed by atoms with Crippen LogP contribution in [-0.2, 0) is 10.0 Å². The summed E-state index contributed by atoms with van der Waals surface area (Å²) in [7, 11) is -3.90. The Morgan fingerprint density at radius 2 is 2.29 bits per heavy atom. The lowest BCUT2D eigenvalue weighted by Crippen LogP contribution is -2.34. The number of nitrogens with two attached hydrogens (primary N) is 1. The normalized spacial score (nSPS) is 13.6. The standard InChI is InChI=1S/C10H16FN3O2S/c1-8(4-2-6-12)14-17(15,16)10-9(11)5-3-7-13-10/h3,5,7-8,14H,2,4,6,12H2,1H3. The van der Waals surface area contributed by atoms with E-state index in [1.807, 2.05) is 0 Å². The highest BCUT2D eigenvalue weighted by molar-refractivity contribution is 7.89. The van der Waals surface area contributed by atoms with E-state index in [-0.39, 0.29) is 6.04 Å². The molecule has 0 fully saturated rings. The fraction of sp³-hybridized carbons (Fsp3) is 0.500. The molecule has 0 bridgehead atoms. The highest BCUT2D eigenvalue weighted by Gasteiger charge is 2.22. The van der Waals surface area contributed by atoms with Gasteiger partial charge in [-0.1, -0.05) is 0 Å². The zero-order valence-electron chi connectivity index (χ0n) is 9.56. The first-order valence-electron chi connectivity index (χ1n) is 5.30. The van der Waals surface area contributed by atoms with Crippen molar-refractivity contribution in [3.63, 3.8) is 0 Å². The van der Waals surface area contributed by atoms with Gasteiger partial charge in [0.15, 0.2) is 5.82 Å². The quantitative estimate of drug-likeness (QED) is 0.786. The van der Waals surface area contributed by atoms with Crippen molar-refractivity contribution >= 4 is 10.0 Å². The molecule has 0 aromatic carbocycles. The van der Waals surface area contributed by atoms with E-state index >= 15 is 0 Å². The van der Waals surface area contributed by atoms with Crippen LogP contribution in [0, 0.1) is 5.82 Å². The summed E-state index contributed by atoms with van der Waals surface area (Å²) < 4.78 is 39.2. The van der Waals surface area contributed by atoms with E-state index in [1.165, 1.54) is 12.3 Å². The molecule has 1 aromatic rings. The van der Waals surface area contributed by atoms with Crippen molar-refractivity contribution in [1.29, 1.82) is 0 Å². The van der Waals surface area contributed by atoms with Gasteiger partial charge in [-0.3, -0.25) is 0 Å².